The van der Waals surface area contributed by atoms with Gasteiger partial charge in [-0.2, -0.15) is 0 Å². The number of hydrogen-bond acceptors (Lipinski definition) is 5. The highest BCUT2D eigenvalue weighted by molar-refractivity contribution is 5.92. The molecular formula is C18H15FN4O2. The Morgan fingerprint density at radius 3 is 2.96 bits per heavy atom. The smallest absolute Gasteiger partial charge is 0.357 e. The fourth-order valence-corrected chi connectivity index (χ4v) is 3.20. The molecule has 0 amide bonds. The molecule has 7 heteroatoms. The summed E-state index contributed by atoms with van der Waals surface area (Å²) in [6.45, 7) is 3.86. The molecule has 1 aliphatic heterocycles. The summed E-state index contributed by atoms with van der Waals surface area (Å²) < 4.78 is 20.9. The third-order valence-electron chi connectivity index (χ3n) is 4.24. The van der Waals surface area contributed by atoms with Crippen LogP contribution in [0.25, 0.3) is 16.9 Å². The van der Waals surface area contributed by atoms with Crippen molar-refractivity contribution >= 4 is 5.97 Å². The Kier molecular flexibility index (Phi) is 3.56. The third kappa shape index (κ3) is 2.39. The van der Waals surface area contributed by atoms with E-state index in [-0.39, 0.29) is 18.1 Å². The Balaban J connectivity index is 2.04. The van der Waals surface area contributed by atoms with Crippen LogP contribution in [0.4, 0.5) is 4.39 Å². The number of nitrogens with zero attached hydrogens (tertiary/aromatic N) is 4. The first-order valence-corrected chi connectivity index (χ1v) is 7.94. The van der Waals surface area contributed by atoms with Crippen LogP contribution in [0.15, 0.2) is 30.7 Å². The highest BCUT2D eigenvalue weighted by Gasteiger charge is 2.27. The van der Waals surface area contributed by atoms with Gasteiger partial charge in [-0.25, -0.2) is 24.1 Å². The number of esters is 1. The number of carbonyl (C=O) groups excluding carboxylic acids is 1. The van der Waals surface area contributed by atoms with Gasteiger partial charge in [-0.05, 0) is 32.0 Å². The van der Waals surface area contributed by atoms with Gasteiger partial charge in [0.05, 0.1) is 18.0 Å². The van der Waals surface area contributed by atoms with E-state index >= 15 is 0 Å². The Bertz CT molecular complexity index is 997. The number of aryl methyl sites for hydroxylation is 1. The van der Waals surface area contributed by atoms with Crippen LogP contribution in [-0.2, 0) is 11.2 Å². The standard InChI is InChI=1S/C18H15FN4O2/c1-3-25-18(24)17-14-7-12-8-20-10(2)23(12)15-6-11(19)4-5-13(15)16(14)21-9-22-17/h4-6,8-9H,3,7H2,1-2H3. The maximum Gasteiger partial charge on any atom is 0.357 e. The number of rotatable bonds is 2. The maximum atomic E-state index is 13.9. The summed E-state index contributed by atoms with van der Waals surface area (Å²) in [6.07, 6.45) is 3.46. The number of benzene rings is 1. The Labute approximate surface area is 143 Å². The van der Waals surface area contributed by atoms with Crippen LogP contribution < -0.4 is 0 Å². The Morgan fingerprint density at radius 1 is 1.32 bits per heavy atom. The summed E-state index contributed by atoms with van der Waals surface area (Å²) in [6, 6.07) is 4.50. The average Bonchev–Trinajstić information content (AvgIpc) is 2.88. The number of fused-ring (bicyclic) bond motifs is 5. The monoisotopic (exact) mass is 338 g/mol. The molecule has 0 saturated heterocycles. The largest absolute Gasteiger partial charge is 0.461 e. The van der Waals surface area contributed by atoms with Gasteiger partial charge in [-0.15, -0.1) is 0 Å². The molecule has 25 heavy (non-hydrogen) atoms. The lowest BCUT2D eigenvalue weighted by Gasteiger charge is -2.12. The van der Waals surface area contributed by atoms with E-state index in [0.29, 0.717) is 23.4 Å². The van der Waals surface area contributed by atoms with Crippen LogP contribution in [0.1, 0.15) is 34.5 Å². The first-order valence-electron chi connectivity index (χ1n) is 7.94. The number of halogens is 1. The van der Waals surface area contributed by atoms with Crippen molar-refractivity contribution in [2.24, 2.45) is 0 Å². The van der Waals surface area contributed by atoms with Gasteiger partial charge in [0.2, 0.25) is 0 Å². The number of imidazole rings is 1. The van der Waals surface area contributed by atoms with Gasteiger partial charge in [0.15, 0.2) is 5.69 Å². The molecule has 2 aromatic heterocycles. The highest BCUT2D eigenvalue weighted by Crippen LogP contribution is 2.36. The molecule has 0 fully saturated rings. The number of ether oxygens (including phenoxy) is 1. The van der Waals surface area contributed by atoms with Gasteiger partial charge in [0.25, 0.3) is 0 Å². The van der Waals surface area contributed by atoms with Crippen LogP contribution >= 0.6 is 0 Å². The number of aromatic nitrogens is 4. The van der Waals surface area contributed by atoms with Gasteiger partial charge in [0, 0.05) is 29.4 Å². The van der Waals surface area contributed by atoms with Gasteiger partial charge in [0.1, 0.15) is 18.0 Å². The van der Waals surface area contributed by atoms with Gasteiger partial charge >= 0.3 is 5.97 Å². The van der Waals surface area contributed by atoms with E-state index in [4.69, 9.17) is 4.74 Å². The minimum atomic E-state index is -0.491. The third-order valence-corrected chi connectivity index (χ3v) is 4.24. The second kappa shape index (κ2) is 5.77. The number of carbonyl (C=O) groups is 1. The molecular weight excluding hydrogens is 323 g/mol. The van der Waals surface area contributed by atoms with Crippen LogP contribution in [0.2, 0.25) is 0 Å². The van der Waals surface area contributed by atoms with Gasteiger partial charge in [-0.3, -0.25) is 4.57 Å². The molecule has 126 valence electrons. The topological polar surface area (TPSA) is 69.9 Å². The second-order valence-electron chi connectivity index (χ2n) is 5.74. The Hall–Kier alpha value is -3.09. The zero-order valence-electron chi connectivity index (χ0n) is 13.8. The molecule has 0 saturated carbocycles. The van der Waals surface area contributed by atoms with Crippen molar-refractivity contribution in [2.45, 2.75) is 20.3 Å². The molecule has 1 aliphatic rings. The predicted octanol–water partition coefficient (Wildman–Crippen LogP) is 2.86. The molecule has 4 rings (SSSR count). The lowest BCUT2D eigenvalue weighted by molar-refractivity contribution is 0.0518. The quantitative estimate of drug-likeness (QED) is 0.526. The van der Waals surface area contributed by atoms with Crippen molar-refractivity contribution in [1.29, 1.82) is 0 Å². The molecule has 0 aliphatic carbocycles. The van der Waals surface area contributed by atoms with Crippen molar-refractivity contribution in [3.8, 4) is 16.9 Å². The van der Waals surface area contributed by atoms with E-state index in [1.54, 1.807) is 19.2 Å². The maximum absolute atomic E-state index is 13.9. The molecule has 0 radical (unpaired) electrons. The summed E-state index contributed by atoms with van der Waals surface area (Å²) in [4.78, 5) is 25.2. The number of hydrogen-bond donors (Lipinski definition) is 0. The van der Waals surface area contributed by atoms with Gasteiger partial charge in [-0.1, -0.05) is 0 Å². The average molecular weight is 338 g/mol. The summed E-state index contributed by atoms with van der Waals surface area (Å²) in [7, 11) is 0. The SMILES string of the molecule is CCOC(=O)c1ncnc2c1Cc1cnc(C)n1-c1cc(F)ccc1-2. The summed E-state index contributed by atoms with van der Waals surface area (Å²) in [5.74, 6) is -0.101. The zero-order valence-corrected chi connectivity index (χ0v) is 13.8. The summed E-state index contributed by atoms with van der Waals surface area (Å²) >= 11 is 0. The minimum Gasteiger partial charge on any atom is -0.461 e. The van der Waals surface area contributed by atoms with Crippen molar-refractivity contribution in [1.82, 2.24) is 19.5 Å². The normalized spacial score (nSPS) is 12.0. The van der Waals surface area contributed by atoms with Crippen molar-refractivity contribution in [2.75, 3.05) is 6.61 Å². The van der Waals surface area contributed by atoms with Crippen LogP contribution in [0.3, 0.4) is 0 Å². The van der Waals surface area contributed by atoms with Crippen LogP contribution in [0.5, 0.6) is 0 Å². The van der Waals surface area contributed by atoms with Crippen LogP contribution in [-0.4, -0.2) is 32.1 Å². The first-order chi connectivity index (χ1) is 12.1. The molecule has 0 spiro atoms. The van der Waals surface area contributed by atoms with E-state index in [1.165, 1.54) is 18.5 Å². The van der Waals surface area contributed by atoms with E-state index in [9.17, 15) is 9.18 Å². The first kappa shape index (κ1) is 15.4. The zero-order chi connectivity index (χ0) is 17.6. The second-order valence-corrected chi connectivity index (χ2v) is 5.74. The van der Waals surface area contributed by atoms with E-state index in [0.717, 1.165) is 17.1 Å². The molecule has 0 unspecified atom stereocenters. The molecule has 0 atom stereocenters. The van der Waals surface area contributed by atoms with Crippen molar-refractivity contribution in [3.05, 3.63) is 59.3 Å². The summed E-state index contributed by atoms with van der Waals surface area (Å²) in [5.41, 5.74) is 3.71. The lowest BCUT2D eigenvalue weighted by atomic mass is 10.0. The van der Waals surface area contributed by atoms with Crippen molar-refractivity contribution in [3.63, 3.8) is 0 Å². The minimum absolute atomic E-state index is 0.231. The molecule has 6 nitrogen and oxygen atoms in total. The fraction of sp³-hybridized carbons (Fsp3) is 0.222. The Morgan fingerprint density at radius 2 is 2.16 bits per heavy atom. The van der Waals surface area contributed by atoms with Crippen LogP contribution in [0, 0.1) is 12.7 Å². The predicted molar refractivity (Wildman–Crippen MR) is 88.0 cm³/mol. The van der Waals surface area contributed by atoms with Gasteiger partial charge < -0.3 is 4.74 Å². The molecule has 3 aromatic rings. The molecule has 1 aromatic carbocycles. The van der Waals surface area contributed by atoms with E-state index < -0.39 is 5.97 Å². The lowest BCUT2D eigenvalue weighted by Crippen LogP contribution is -2.12. The molecule has 0 bridgehead atoms. The fourth-order valence-electron chi connectivity index (χ4n) is 3.20. The highest BCUT2D eigenvalue weighted by atomic mass is 19.1. The molecule has 3 heterocycles. The summed E-state index contributed by atoms with van der Waals surface area (Å²) in [5, 5.41) is 0. The van der Waals surface area contributed by atoms with E-state index in [1.807, 2.05) is 11.5 Å². The van der Waals surface area contributed by atoms with E-state index in [2.05, 4.69) is 15.0 Å². The van der Waals surface area contributed by atoms with Crippen molar-refractivity contribution < 1.29 is 13.9 Å². The molecule has 0 N–H and O–H groups in total.